The van der Waals surface area contributed by atoms with Gasteiger partial charge in [-0.3, -0.25) is 0 Å². The molecule has 102 valence electrons. The Morgan fingerprint density at radius 2 is 1.79 bits per heavy atom. The van der Waals surface area contributed by atoms with Crippen LogP contribution in [0.5, 0.6) is 0 Å². The van der Waals surface area contributed by atoms with Crippen molar-refractivity contribution in [3.63, 3.8) is 0 Å². The van der Waals surface area contributed by atoms with Crippen LogP contribution in [0.1, 0.15) is 33.3 Å². The monoisotopic (exact) mass is 280 g/mol. The Kier molecular flexibility index (Phi) is 3.78. The van der Waals surface area contributed by atoms with Crippen LogP contribution >= 0.6 is 11.6 Å². The standard InChI is InChI=1S/C14H18BClO3/c1-13(2)14(3,4)19-15(18-13)11-6-5-7-12(16)10(11)8-9-17/h5-7,9H,8H2,1-4H3. The zero-order valence-electron chi connectivity index (χ0n) is 11.7. The van der Waals surface area contributed by atoms with Crippen molar-refractivity contribution in [3.05, 3.63) is 28.8 Å². The molecule has 1 aliphatic rings. The van der Waals surface area contributed by atoms with Crippen LogP contribution in [0.2, 0.25) is 5.02 Å². The molecule has 2 rings (SSSR count). The van der Waals surface area contributed by atoms with Crippen LogP contribution < -0.4 is 5.46 Å². The maximum atomic E-state index is 10.8. The van der Waals surface area contributed by atoms with Crippen molar-refractivity contribution < 1.29 is 14.1 Å². The molecule has 0 unspecified atom stereocenters. The second-order valence-corrected chi connectivity index (χ2v) is 6.17. The molecule has 1 aliphatic heterocycles. The molecular formula is C14H18BClO3. The average Bonchev–Trinajstić information content (AvgIpc) is 2.51. The quantitative estimate of drug-likeness (QED) is 0.630. The van der Waals surface area contributed by atoms with Crippen molar-refractivity contribution >= 4 is 30.5 Å². The van der Waals surface area contributed by atoms with Gasteiger partial charge < -0.3 is 14.1 Å². The van der Waals surface area contributed by atoms with Crippen molar-refractivity contribution in [2.45, 2.75) is 45.3 Å². The summed E-state index contributed by atoms with van der Waals surface area (Å²) in [4.78, 5) is 10.8. The highest BCUT2D eigenvalue weighted by Crippen LogP contribution is 2.37. The van der Waals surface area contributed by atoms with Crippen molar-refractivity contribution in [1.82, 2.24) is 0 Å². The lowest BCUT2D eigenvalue weighted by molar-refractivity contribution is -0.107. The van der Waals surface area contributed by atoms with E-state index in [0.717, 1.165) is 17.3 Å². The second-order valence-electron chi connectivity index (χ2n) is 5.77. The van der Waals surface area contributed by atoms with Gasteiger partial charge >= 0.3 is 7.12 Å². The molecule has 1 aromatic rings. The first-order valence-electron chi connectivity index (χ1n) is 6.35. The molecule has 0 amide bonds. The highest BCUT2D eigenvalue weighted by Gasteiger charge is 2.52. The van der Waals surface area contributed by atoms with E-state index >= 15 is 0 Å². The van der Waals surface area contributed by atoms with Gasteiger partial charge in [0, 0.05) is 11.4 Å². The predicted octanol–water partition coefficient (Wildman–Crippen LogP) is 2.38. The number of aldehydes is 1. The fraction of sp³-hybridized carbons (Fsp3) is 0.500. The Bertz CT molecular complexity index is 483. The van der Waals surface area contributed by atoms with E-state index in [1.807, 2.05) is 39.8 Å². The molecule has 0 bridgehead atoms. The number of hydrogen-bond donors (Lipinski definition) is 0. The van der Waals surface area contributed by atoms with Crippen molar-refractivity contribution in [1.29, 1.82) is 0 Å². The molecular weight excluding hydrogens is 262 g/mol. The summed E-state index contributed by atoms with van der Waals surface area (Å²) in [5.74, 6) is 0. The summed E-state index contributed by atoms with van der Waals surface area (Å²) in [5, 5.41) is 0.569. The first kappa shape index (κ1) is 14.6. The van der Waals surface area contributed by atoms with E-state index in [0.29, 0.717) is 5.02 Å². The van der Waals surface area contributed by atoms with Gasteiger partial charge in [-0.1, -0.05) is 23.7 Å². The van der Waals surface area contributed by atoms with Gasteiger partial charge in [-0.05, 0) is 44.8 Å². The molecule has 5 heteroatoms. The van der Waals surface area contributed by atoms with Crippen LogP contribution in [0.4, 0.5) is 0 Å². The van der Waals surface area contributed by atoms with Crippen molar-refractivity contribution in [2.75, 3.05) is 0 Å². The first-order chi connectivity index (χ1) is 8.78. The molecule has 0 spiro atoms. The zero-order chi connectivity index (χ0) is 14.3. The molecule has 1 fully saturated rings. The molecule has 0 saturated carbocycles. The van der Waals surface area contributed by atoms with E-state index in [2.05, 4.69) is 0 Å². The van der Waals surface area contributed by atoms with Gasteiger partial charge in [0.25, 0.3) is 0 Å². The van der Waals surface area contributed by atoms with Gasteiger partial charge in [-0.25, -0.2) is 0 Å². The number of benzene rings is 1. The van der Waals surface area contributed by atoms with E-state index in [4.69, 9.17) is 20.9 Å². The van der Waals surface area contributed by atoms with Crippen LogP contribution in [-0.4, -0.2) is 24.6 Å². The fourth-order valence-corrected chi connectivity index (χ4v) is 2.32. The minimum absolute atomic E-state index is 0.263. The molecule has 3 nitrogen and oxygen atoms in total. The highest BCUT2D eigenvalue weighted by molar-refractivity contribution is 6.63. The molecule has 0 N–H and O–H groups in total. The number of halogens is 1. The van der Waals surface area contributed by atoms with E-state index < -0.39 is 18.3 Å². The molecule has 0 radical (unpaired) electrons. The lowest BCUT2D eigenvalue weighted by atomic mass is 9.75. The van der Waals surface area contributed by atoms with E-state index in [-0.39, 0.29) is 6.42 Å². The summed E-state index contributed by atoms with van der Waals surface area (Å²) in [6.45, 7) is 7.99. The molecule has 0 aliphatic carbocycles. The topological polar surface area (TPSA) is 35.5 Å². The normalized spacial score (nSPS) is 20.6. The summed E-state index contributed by atoms with van der Waals surface area (Å²) >= 11 is 6.16. The molecule has 19 heavy (non-hydrogen) atoms. The van der Waals surface area contributed by atoms with E-state index in [1.165, 1.54) is 0 Å². The number of rotatable bonds is 3. The van der Waals surface area contributed by atoms with Crippen molar-refractivity contribution in [3.8, 4) is 0 Å². The molecule has 1 saturated heterocycles. The zero-order valence-corrected chi connectivity index (χ0v) is 12.5. The summed E-state index contributed by atoms with van der Waals surface area (Å²) in [5.41, 5.74) is 0.799. The first-order valence-corrected chi connectivity index (χ1v) is 6.73. The molecule has 1 aromatic carbocycles. The van der Waals surface area contributed by atoms with Gasteiger partial charge in [0.05, 0.1) is 11.2 Å². The summed E-state index contributed by atoms with van der Waals surface area (Å²) in [6.07, 6.45) is 1.11. The van der Waals surface area contributed by atoms with Crippen LogP contribution in [0.3, 0.4) is 0 Å². The van der Waals surface area contributed by atoms with Gasteiger partial charge in [0.2, 0.25) is 0 Å². The Morgan fingerprint density at radius 3 is 2.32 bits per heavy atom. The summed E-state index contributed by atoms with van der Waals surface area (Å²) in [7, 11) is -0.487. The minimum Gasteiger partial charge on any atom is -0.399 e. The van der Waals surface area contributed by atoms with E-state index in [9.17, 15) is 4.79 Å². The van der Waals surface area contributed by atoms with Gasteiger partial charge in [-0.15, -0.1) is 0 Å². The highest BCUT2D eigenvalue weighted by atomic mass is 35.5. The van der Waals surface area contributed by atoms with Crippen molar-refractivity contribution in [2.24, 2.45) is 0 Å². The Morgan fingerprint density at radius 1 is 1.21 bits per heavy atom. The maximum Gasteiger partial charge on any atom is 0.495 e. The maximum absolute atomic E-state index is 10.8. The Balaban J connectivity index is 2.39. The van der Waals surface area contributed by atoms with Crippen LogP contribution in [0.15, 0.2) is 18.2 Å². The Labute approximate surface area is 119 Å². The Hall–Kier alpha value is -0.835. The number of hydrogen-bond acceptors (Lipinski definition) is 3. The largest absolute Gasteiger partial charge is 0.495 e. The predicted molar refractivity (Wildman–Crippen MR) is 76.9 cm³/mol. The average molecular weight is 281 g/mol. The molecule has 0 aromatic heterocycles. The van der Waals surface area contributed by atoms with Crippen LogP contribution in [0.25, 0.3) is 0 Å². The van der Waals surface area contributed by atoms with Gasteiger partial charge in [0.15, 0.2) is 0 Å². The lowest BCUT2D eigenvalue weighted by Crippen LogP contribution is -2.41. The SMILES string of the molecule is CC1(C)OB(c2cccc(Cl)c2CC=O)OC1(C)C. The molecule has 1 heterocycles. The fourth-order valence-electron chi connectivity index (χ4n) is 2.06. The summed E-state index contributed by atoms with van der Waals surface area (Å²) < 4.78 is 12.0. The van der Waals surface area contributed by atoms with Crippen LogP contribution in [0, 0.1) is 0 Å². The second kappa shape index (κ2) is 4.93. The van der Waals surface area contributed by atoms with Gasteiger partial charge in [-0.2, -0.15) is 0 Å². The molecule has 0 atom stereocenters. The van der Waals surface area contributed by atoms with Crippen LogP contribution in [-0.2, 0) is 20.5 Å². The van der Waals surface area contributed by atoms with Gasteiger partial charge in [0.1, 0.15) is 6.29 Å². The minimum atomic E-state index is -0.487. The summed E-state index contributed by atoms with van der Waals surface area (Å²) in [6, 6.07) is 5.51. The third-order valence-electron chi connectivity index (χ3n) is 3.95. The third kappa shape index (κ3) is 2.57. The third-order valence-corrected chi connectivity index (χ3v) is 4.30. The lowest BCUT2D eigenvalue weighted by Gasteiger charge is -2.32. The number of carbonyl (C=O) groups excluding carboxylic acids is 1. The van der Waals surface area contributed by atoms with E-state index in [1.54, 1.807) is 6.07 Å². The number of carbonyl (C=O) groups is 1. The smallest absolute Gasteiger partial charge is 0.399 e.